The second kappa shape index (κ2) is 25.4. The van der Waals surface area contributed by atoms with Crippen LogP contribution in [0.4, 0.5) is 7.88 Å². The van der Waals surface area contributed by atoms with E-state index in [1.165, 1.54) is 0 Å². The van der Waals surface area contributed by atoms with Crippen molar-refractivity contribution >= 4 is 23.9 Å². The monoisotopic (exact) mass is 566 g/mol. The predicted molar refractivity (Wildman–Crippen MR) is 11.1 cm³/mol. The molecule has 0 spiro atoms. The number of rotatable bonds is 0. The van der Waals surface area contributed by atoms with E-state index in [-0.39, 0.29) is 53.5 Å². The van der Waals surface area contributed by atoms with Crippen molar-refractivity contribution in [2.75, 3.05) is 0 Å². The van der Waals surface area contributed by atoms with Crippen molar-refractivity contribution in [2.24, 2.45) is 0 Å². The number of hydrogen-bond donors (Lipinski definition) is 0. The van der Waals surface area contributed by atoms with E-state index in [0.717, 1.165) is 0 Å². The van der Waals surface area contributed by atoms with Crippen molar-refractivity contribution in [3.63, 3.8) is 0 Å². The normalized spacial score (nSPS) is 5.57. The number of halogens is 3. The van der Waals surface area contributed by atoms with Gasteiger partial charge in [-0.1, -0.05) is 0 Å². The standard InChI is InChI=1S/3FH.Na.6O.Sn.3Zr/h3*1H;;;;;;;;;;;/q;;;+1;;;;3*-1;+2;3*+1/p-3. The third-order valence-corrected chi connectivity index (χ3v) is 0. The average molecular weight is 568 g/mol. The minimum absolute atomic E-state index is 0. The summed E-state index contributed by atoms with van der Waals surface area (Å²) in [4.78, 5) is 0. The van der Waals surface area contributed by atoms with Gasteiger partial charge >= 0.3 is 148 Å². The van der Waals surface area contributed by atoms with Crippen LogP contribution in [0.25, 0.3) is 0 Å². The molecular weight excluding hydrogens is 568 g/mol. The molecule has 74 valence electrons. The molecule has 0 aromatic heterocycles. The van der Waals surface area contributed by atoms with Gasteiger partial charge in [0.1, 0.15) is 0 Å². The molecule has 0 N–H and O–H groups in total. The third kappa shape index (κ3) is 264. The van der Waals surface area contributed by atoms with Crippen molar-refractivity contribution in [1.82, 2.24) is 0 Å². The zero-order valence-corrected chi connectivity index (χ0v) is 18.8. The van der Waals surface area contributed by atoms with E-state index in [0.29, 0.717) is 0 Å². The second-order valence-electron chi connectivity index (χ2n) is 0.713. The molecule has 0 aromatic carbocycles. The summed E-state index contributed by atoms with van der Waals surface area (Å²) in [5.74, 6) is 0. The van der Waals surface area contributed by atoms with Crippen LogP contribution >= 0.6 is 0 Å². The zero-order chi connectivity index (χ0) is 10.7. The Morgan fingerprint density at radius 1 is 0.714 bits per heavy atom. The Kier molecular flexibility index (Phi) is 55.3. The molecular formula is F3NaO6SnZr3. The Hall–Kier alpha value is 3.52. The Morgan fingerprint density at radius 3 is 0.714 bits per heavy atom. The van der Waals surface area contributed by atoms with Gasteiger partial charge in [0, 0.05) is 0 Å². The van der Waals surface area contributed by atoms with Crippen LogP contribution in [-0.2, 0) is 76.9 Å². The van der Waals surface area contributed by atoms with Gasteiger partial charge in [-0.2, -0.15) is 0 Å². The predicted octanol–water partition coefficient (Wildman–Crippen LogP) is -6.05. The van der Waals surface area contributed by atoms with Crippen molar-refractivity contribution in [1.29, 1.82) is 0 Å². The van der Waals surface area contributed by atoms with Gasteiger partial charge in [0.25, 0.3) is 0 Å². The van der Waals surface area contributed by atoms with Gasteiger partial charge in [0.2, 0.25) is 0 Å². The van der Waals surface area contributed by atoms with Gasteiger partial charge < -0.3 is 0 Å². The van der Waals surface area contributed by atoms with Crippen molar-refractivity contribution in [3.8, 4) is 0 Å². The van der Waals surface area contributed by atoms with Gasteiger partial charge in [-0.3, -0.25) is 0 Å². The van der Waals surface area contributed by atoms with Gasteiger partial charge in [0.05, 0.1) is 0 Å². The molecule has 0 rings (SSSR count). The summed E-state index contributed by atoms with van der Waals surface area (Å²) < 4.78 is 81.3. The minimum atomic E-state index is -4.54. The molecule has 0 heterocycles. The molecule has 0 aromatic rings. The van der Waals surface area contributed by atoms with E-state index in [4.69, 9.17) is 18.0 Å². The van der Waals surface area contributed by atoms with Crippen molar-refractivity contribution < 1.29 is 124 Å². The molecule has 0 aliphatic heterocycles. The van der Waals surface area contributed by atoms with Crippen molar-refractivity contribution in [3.05, 3.63) is 0 Å². The summed E-state index contributed by atoms with van der Waals surface area (Å²) in [6, 6.07) is 0. The molecule has 14 heteroatoms. The van der Waals surface area contributed by atoms with Crippen LogP contribution in [0, 0.1) is 0 Å². The fourth-order valence-corrected chi connectivity index (χ4v) is 0. The summed E-state index contributed by atoms with van der Waals surface area (Å²) >= 11 is -13.6. The van der Waals surface area contributed by atoms with Crippen LogP contribution in [-0.4, -0.2) is 23.9 Å². The van der Waals surface area contributed by atoms with Gasteiger partial charge in [0.15, 0.2) is 0 Å². The van der Waals surface area contributed by atoms with Crippen LogP contribution in [0.15, 0.2) is 0 Å². The fraction of sp³-hybridized carbons (Fsp3) is 0. The average Bonchev–Trinajstić information content (AvgIpc) is 1.54. The zero-order valence-electron chi connectivity index (χ0n) is 6.58. The maximum absolute atomic E-state index is 10.1. The quantitative estimate of drug-likeness (QED) is 0.269. The Balaban J connectivity index is -0.0000000270. The van der Waals surface area contributed by atoms with Gasteiger partial charge in [-0.05, 0) is 0 Å². The fourth-order valence-electron chi connectivity index (χ4n) is 0. The van der Waals surface area contributed by atoms with E-state index in [2.05, 4.69) is 0 Å². The van der Waals surface area contributed by atoms with E-state index in [1.807, 2.05) is 0 Å². The van der Waals surface area contributed by atoms with Gasteiger partial charge in [-0.25, -0.2) is 0 Å². The molecule has 0 amide bonds. The molecule has 0 saturated carbocycles. The summed E-state index contributed by atoms with van der Waals surface area (Å²) in [6.07, 6.45) is 0. The van der Waals surface area contributed by atoms with Crippen LogP contribution in [0.2, 0.25) is 0 Å². The van der Waals surface area contributed by atoms with Crippen LogP contribution in [0.3, 0.4) is 0 Å². The van der Waals surface area contributed by atoms with Gasteiger partial charge in [-0.15, -0.1) is 0 Å². The third-order valence-electron chi connectivity index (χ3n) is 0. The molecule has 0 fully saturated rings. The topological polar surface area (TPSA) is 120 Å². The SMILES string of the molecule is [Na+].[O]=[Zr]([O-])[F].[O]=[Zr]([O-])[F].[O]=[Zr]([O-])[F].[Sn+2]. The maximum atomic E-state index is 10.1. The number of hydrogen-bond acceptors (Lipinski definition) is 6. The summed E-state index contributed by atoms with van der Waals surface area (Å²) in [5, 5.41) is 0. The maximum Gasteiger partial charge on any atom is 2.00 e. The molecule has 0 aliphatic carbocycles. The van der Waals surface area contributed by atoms with Crippen LogP contribution in [0.1, 0.15) is 0 Å². The molecule has 0 aliphatic rings. The smallest absolute Gasteiger partial charge is 2.00 e. The van der Waals surface area contributed by atoms with Crippen LogP contribution < -0.4 is 39.1 Å². The molecule has 0 unspecified atom stereocenters. The molecule has 14 heavy (non-hydrogen) atoms. The Bertz CT molecular complexity index is 126. The first kappa shape index (κ1) is 30.5. The first-order valence-electron chi connectivity index (χ1n) is 1.79. The Labute approximate surface area is 144 Å². The van der Waals surface area contributed by atoms with E-state index >= 15 is 0 Å². The largest absolute Gasteiger partial charge is 2.00 e. The summed E-state index contributed by atoms with van der Waals surface area (Å²) in [6.45, 7) is 0. The second-order valence-corrected chi connectivity index (χ2v) is 4.22. The van der Waals surface area contributed by atoms with Crippen molar-refractivity contribution in [2.45, 2.75) is 0 Å². The molecule has 6 nitrogen and oxygen atoms in total. The van der Waals surface area contributed by atoms with E-state index in [9.17, 15) is 7.88 Å². The molecule has 0 atom stereocenters. The van der Waals surface area contributed by atoms with E-state index in [1.54, 1.807) is 0 Å². The summed E-state index contributed by atoms with van der Waals surface area (Å²) in [7, 11) is 0. The molecule has 0 saturated heterocycles. The first-order valence-corrected chi connectivity index (χ1v) is 10.6. The van der Waals surface area contributed by atoms with E-state index < -0.39 is 68.4 Å². The summed E-state index contributed by atoms with van der Waals surface area (Å²) in [5.41, 5.74) is 0. The first-order chi connectivity index (χ1) is 5.20. The minimum Gasteiger partial charge on any atom is 2.00 e. The Morgan fingerprint density at radius 2 is 0.714 bits per heavy atom. The van der Waals surface area contributed by atoms with Crippen LogP contribution in [0.5, 0.6) is 0 Å². The molecule has 2 radical (unpaired) electrons. The molecule has 0 bridgehead atoms.